The minimum absolute atomic E-state index is 0.0127. The Labute approximate surface area is 200 Å². The Morgan fingerprint density at radius 3 is 2.47 bits per heavy atom. The zero-order valence-electron chi connectivity index (χ0n) is 17.1. The van der Waals surface area contributed by atoms with E-state index in [1.165, 1.54) is 30.3 Å². The molecule has 174 valence electrons. The van der Waals surface area contributed by atoms with Crippen LogP contribution < -0.4 is 14.8 Å². The van der Waals surface area contributed by atoms with Gasteiger partial charge in [0.2, 0.25) is 12.6 Å². The predicted molar refractivity (Wildman–Crippen MR) is 121 cm³/mol. The van der Waals surface area contributed by atoms with Gasteiger partial charge in [-0.2, -0.15) is 13.2 Å². The third-order valence-electron chi connectivity index (χ3n) is 5.25. The van der Waals surface area contributed by atoms with Crippen molar-refractivity contribution in [3.8, 4) is 11.5 Å². The van der Waals surface area contributed by atoms with E-state index in [1.54, 1.807) is 24.3 Å². The number of carbonyl (C=O) groups excluding carboxylic acids is 1. The topological polar surface area (TPSA) is 65.4 Å². The van der Waals surface area contributed by atoms with Crippen molar-refractivity contribution < 1.29 is 27.4 Å². The summed E-state index contributed by atoms with van der Waals surface area (Å²) in [5.74, 6) is -0.779. The molecule has 6 nitrogen and oxygen atoms in total. The van der Waals surface area contributed by atoms with Crippen LogP contribution >= 0.6 is 23.2 Å². The summed E-state index contributed by atoms with van der Waals surface area (Å²) in [5, 5.41) is 2.81. The molecule has 0 spiro atoms. The van der Waals surface area contributed by atoms with E-state index in [0.29, 0.717) is 17.1 Å². The van der Waals surface area contributed by atoms with E-state index < -0.39 is 17.9 Å². The number of hydrogen-bond donors (Lipinski definition) is 1. The molecule has 1 aliphatic rings. The van der Waals surface area contributed by atoms with Crippen LogP contribution in [-0.4, -0.2) is 22.3 Å². The van der Waals surface area contributed by atoms with Crippen molar-refractivity contribution in [3.05, 3.63) is 81.6 Å². The first-order valence-corrected chi connectivity index (χ1v) is 10.7. The molecule has 0 radical (unpaired) electrons. The van der Waals surface area contributed by atoms with Crippen molar-refractivity contribution in [1.29, 1.82) is 0 Å². The second-order valence-corrected chi connectivity index (χ2v) is 8.25. The van der Waals surface area contributed by atoms with Gasteiger partial charge in [0.15, 0.2) is 11.5 Å². The molecule has 4 aromatic rings. The van der Waals surface area contributed by atoms with E-state index >= 15 is 0 Å². The number of anilines is 1. The highest BCUT2D eigenvalue weighted by Gasteiger charge is 2.38. The number of benzene rings is 3. The van der Waals surface area contributed by atoms with E-state index in [4.69, 9.17) is 32.7 Å². The molecule has 34 heavy (non-hydrogen) atoms. The number of hydrogen-bond acceptors (Lipinski definition) is 4. The number of ether oxygens (including phenoxy) is 2. The molecule has 1 aromatic heterocycles. The average Bonchev–Trinajstić information content (AvgIpc) is 3.39. The highest BCUT2D eigenvalue weighted by atomic mass is 35.5. The largest absolute Gasteiger partial charge is 0.454 e. The molecule has 3 aromatic carbocycles. The van der Waals surface area contributed by atoms with Crippen LogP contribution in [0.4, 0.5) is 18.9 Å². The Bertz CT molecular complexity index is 1420. The maximum absolute atomic E-state index is 13.9. The van der Waals surface area contributed by atoms with Gasteiger partial charge in [-0.05, 0) is 42.0 Å². The number of imidazole rings is 1. The van der Waals surface area contributed by atoms with Gasteiger partial charge in [0.05, 0.1) is 26.8 Å². The number of amides is 1. The highest BCUT2D eigenvalue weighted by molar-refractivity contribution is 6.40. The highest BCUT2D eigenvalue weighted by Crippen LogP contribution is 2.37. The third-order valence-corrected chi connectivity index (χ3v) is 5.88. The molecular weight excluding hydrogens is 494 g/mol. The molecule has 0 saturated carbocycles. The molecule has 0 fully saturated rings. The molecule has 2 heterocycles. The molecule has 1 aliphatic heterocycles. The number of alkyl halides is 3. The second-order valence-electron chi connectivity index (χ2n) is 7.43. The van der Waals surface area contributed by atoms with Crippen LogP contribution in [0, 0.1) is 0 Å². The summed E-state index contributed by atoms with van der Waals surface area (Å²) < 4.78 is 53.4. The number of aromatic nitrogens is 2. The number of nitrogens with one attached hydrogen (secondary N) is 1. The van der Waals surface area contributed by atoms with Gasteiger partial charge in [-0.3, -0.25) is 4.79 Å². The fraction of sp³-hybridized carbons (Fsp3) is 0.130. The normalized spacial score (nSPS) is 12.9. The number of nitrogens with zero attached hydrogens (tertiary/aromatic N) is 2. The summed E-state index contributed by atoms with van der Waals surface area (Å²) in [7, 11) is 0. The van der Waals surface area contributed by atoms with Crippen LogP contribution in [0.15, 0.2) is 54.6 Å². The first-order chi connectivity index (χ1) is 16.2. The lowest BCUT2D eigenvalue weighted by Gasteiger charge is -2.12. The maximum atomic E-state index is 13.9. The van der Waals surface area contributed by atoms with Crippen LogP contribution in [0.3, 0.4) is 0 Å². The van der Waals surface area contributed by atoms with E-state index in [-0.39, 0.29) is 45.7 Å². The number of fused-ring (bicyclic) bond motifs is 2. The molecule has 1 N–H and O–H groups in total. The van der Waals surface area contributed by atoms with Crippen LogP contribution in [0.5, 0.6) is 11.5 Å². The molecule has 1 amide bonds. The van der Waals surface area contributed by atoms with Crippen LogP contribution in [-0.2, 0) is 12.7 Å². The molecule has 0 bridgehead atoms. The van der Waals surface area contributed by atoms with E-state index in [9.17, 15) is 18.0 Å². The Morgan fingerprint density at radius 2 is 1.74 bits per heavy atom. The fourth-order valence-corrected chi connectivity index (χ4v) is 4.31. The maximum Gasteiger partial charge on any atom is 0.449 e. The minimum Gasteiger partial charge on any atom is -0.454 e. The van der Waals surface area contributed by atoms with Crippen molar-refractivity contribution in [2.24, 2.45) is 0 Å². The molecule has 11 heteroatoms. The van der Waals surface area contributed by atoms with Gasteiger partial charge >= 0.3 is 6.18 Å². The van der Waals surface area contributed by atoms with Crippen molar-refractivity contribution in [1.82, 2.24) is 9.55 Å². The van der Waals surface area contributed by atoms with Gasteiger partial charge in [0.1, 0.15) is 5.52 Å². The SMILES string of the molecule is O=C(Nc1cccc2c1nc(C(F)(F)F)n2Cc1ccc2c(c1)OCO2)c1c(Cl)cccc1Cl. The molecule has 0 aliphatic carbocycles. The van der Waals surface area contributed by atoms with Gasteiger partial charge in [0, 0.05) is 6.54 Å². The fourth-order valence-electron chi connectivity index (χ4n) is 3.75. The van der Waals surface area contributed by atoms with Gasteiger partial charge in [-0.25, -0.2) is 4.98 Å². The monoisotopic (exact) mass is 507 g/mol. The second kappa shape index (κ2) is 8.41. The lowest BCUT2D eigenvalue weighted by molar-refractivity contribution is -0.146. The first-order valence-electron chi connectivity index (χ1n) is 9.92. The minimum atomic E-state index is -4.73. The smallest absolute Gasteiger partial charge is 0.449 e. The Balaban J connectivity index is 1.57. The van der Waals surface area contributed by atoms with Gasteiger partial charge in [-0.15, -0.1) is 0 Å². The van der Waals surface area contributed by atoms with E-state index in [0.717, 1.165) is 4.57 Å². The van der Waals surface area contributed by atoms with Crippen molar-refractivity contribution in [2.45, 2.75) is 12.7 Å². The Hall–Kier alpha value is -3.43. The van der Waals surface area contributed by atoms with Gasteiger partial charge in [0.25, 0.3) is 5.91 Å². The molecule has 5 rings (SSSR count). The third kappa shape index (κ3) is 4.01. The quantitative estimate of drug-likeness (QED) is 0.347. The summed E-state index contributed by atoms with van der Waals surface area (Å²) in [4.78, 5) is 16.7. The predicted octanol–water partition coefficient (Wildman–Crippen LogP) is 6.39. The lowest BCUT2D eigenvalue weighted by Crippen LogP contribution is -2.15. The van der Waals surface area contributed by atoms with E-state index in [1.807, 2.05) is 0 Å². The van der Waals surface area contributed by atoms with Crippen molar-refractivity contribution in [2.75, 3.05) is 12.1 Å². The zero-order chi connectivity index (χ0) is 24.0. The van der Waals surface area contributed by atoms with Crippen molar-refractivity contribution in [3.63, 3.8) is 0 Å². The summed E-state index contributed by atoms with van der Waals surface area (Å²) in [5.41, 5.74) is 0.832. The van der Waals surface area contributed by atoms with E-state index in [2.05, 4.69) is 10.3 Å². The summed E-state index contributed by atoms with van der Waals surface area (Å²) in [6.45, 7) is -0.0746. The summed E-state index contributed by atoms with van der Waals surface area (Å²) >= 11 is 12.2. The number of halogens is 5. The molecule has 0 atom stereocenters. The molecule has 0 saturated heterocycles. The van der Waals surface area contributed by atoms with Gasteiger partial charge in [-0.1, -0.05) is 41.4 Å². The number of rotatable bonds is 4. The summed E-state index contributed by atoms with van der Waals surface area (Å²) in [6.07, 6.45) is -4.73. The van der Waals surface area contributed by atoms with Gasteiger partial charge < -0.3 is 19.4 Å². The Morgan fingerprint density at radius 1 is 1.03 bits per heavy atom. The zero-order valence-corrected chi connectivity index (χ0v) is 18.6. The number of para-hydroxylation sites is 1. The molecular formula is C23H14Cl2F3N3O3. The van der Waals surface area contributed by atoms with Crippen LogP contribution in [0.25, 0.3) is 11.0 Å². The first kappa shape index (κ1) is 22.4. The standard InChI is InChI=1S/C23H14Cl2F3N3O3/c24-13-3-1-4-14(25)19(13)21(32)29-15-5-2-6-16-20(15)30-22(23(26,27)28)31(16)10-12-7-8-17-18(9-12)34-11-33-17/h1-9H,10-11H2,(H,29,32). The lowest BCUT2D eigenvalue weighted by atomic mass is 10.2. The summed E-state index contributed by atoms with van der Waals surface area (Å²) in [6, 6.07) is 14.0. The number of carbonyl (C=O) groups is 1. The van der Waals surface area contributed by atoms with Crippen molar-refractivity contribution >= 4 is 45.8 Å². The van der Waals surface area contributed by atoms with Crippen LogP contribution in [0.1, 0.15) is 21.7 Å². The van der Waals surface area contributed by atoms with Crippen LogP contribution in [0.2, 0.25) is 10.0 Å². The Kier molecular flexibility index (Phi) is 5.53. The average molecular weight is 508 g/mol. The molecule has 0 unspecified atom stereocenters.